The first-order chi connectivity index (χ1) is 14.9. The molecule has 0 saturated carbocycles. The molecule has 0 bridgehead atoms. The third-order valence-electron chi connectivity index (χ3n) is 5.36. The molecule has 10 heteroatoms. The van der Waals surface area contributed by atoms with Gasteiger partial charge in [0, 0.05) is 12.6 Å². The number of aromatic nitrogens is 1. The molecule has 1 aromatic heterocycles. The number of hydrogen-bond acceptors (Lipinski definition) is 7. The number of nitrogens with two attached hydrogens (primary N) is 1. The number of nitrogen functional groups attached to an aromatic ring is 1. The third kappa shape index (κ3) is 5.37. The molecule has 7 nitrogen and oxygen atoms in total. The summed E-state index contributed by atoms with van der Waals surface area (Å²) in [5.74, 6) is 5.69. The van der Waals surface area contributed by atoms with Crippen molar-refractivity contribution in [2.75, 3.05) is 37.5 Å². The van der Waals surface area contributed by atoms with Gasteiger partial charge in [-0.15, -0.1) is 0 Å². The van der Waals surface area contributed by atoms with Crippen LogP contribution in [0.15, 0.2) is 24.3 Å². The molecule has 5 N–H and O–H groups in total. The van der Waals surface area contributed by atoms with Gasteiger partial charge in [0.05, 0.1) is 23.6 Å². The summed E-state index contributed by atoms with van der Waals surface area (Å²) in [5.41, 5.74) is 2.63. The molecule has 2 aromatic rings. The Bertz CT molecular complexity index is 951. The lowest BCUT2D eigenvalue weighted by Gasteiger charge is -2.23. The van der Waals surface area contributed by atoms with Crippen molar-refractivity contribution in [3.8, 4) is 23.1 Å². The van der Waals surface area contributed by atoms with Crippen LogP contribution in [-0.2, 0) is 6.18 Å². The molecule has 3 rings (SSSR count). The maximum absolute atomic E-state index is 13.7. The van der Waals surface area contributed by atoms with E-state index in [2.05, 4.69) is 21.0 Å². The number of nitrogens with one attached hydrogen (secondary N) is 3. The SMILES string of the molecule is CNc1cc(-c2ccc(OCCC3CCNCC3)c(C(F)(F)F)c2)nc(C#N)c1NN. The zero-order chi connectivity index (χ0) is 22.4. The summed E-state index contributed by atoms with van der Waals surface area (Å²) in [6.07, 6.45) is -1.87. The molecule has 0 aliphatic carbocycles. The summed E-state index contributed by atoms with van der Waals surface area (Å²) in [5, 5.41) is 15.5. The first-order valence-corrected chi connectivity index (χ1v) is 10.0. The number of ether oxygens (including phenoxy) is 1. The van der Waals surface area contributed by atoms with Crippen LogP contribution in [0.1, 0.15) is 30.5 Å². The molecule has 31 heavy (non-hydrogen) atoms. The van der Waals surface area contributed by atoms with E-state index in [0.29, 0.717) is 18.0 Å². The maximum atomic E-state index is 13.7. The zero-order valence-electron chi connectivity index (χ0n) is 17.1. The van der Waals surface area contributed by atoms with E-state index in [1.807, 2.05) is 6.07 Å². The highest BCUT2D eigenvalue weighted by Crippen LogP contribution is 2.39. The van der Waals surface area contributed by atoms with E-state index in [9.17, 15) is 18.4 Å². The van der Waals surface area contributed by atoms with Gasteiger partial charge in [0.2, 0.25) is 0 Å². The first-order valence-electron chi connectivity index (χ1n) is 10.0. The number of hydrogen-bond donors (Lipinski definition) is 4. The number of alkyl halides is 3. The topological polar surface area (TPSA) is 108 Å². The van der Waals surface area contributed by atoms with Crippen molar-refractivity contribution >= 4 is 11.4 Å². The fourth-order valence-electron chi connectivity index (χ4n) is 3.66. The predicted molar refractivity (Wildman–Crippen MR) is 112 cm³/mol. The average Bonchev–Trinajstić information content (AvgIpc) is 2.78. The van der Waals surface area contributed by atoms with E-state index in [1.165, 1.54) is 18.2 Å². The van der Waals surface area contributed by atoms with Gasteiger partial charge in [0.25, 0.3) is 0 Å². The fraction of sp³-hybridized carbons (Fsp3) is 0.429. The lowest BCUT2D eigenvalue weighted by Crippen LogP contribution is -2.28. The number of rotatable bonds is 7. The number of anilines is 2. The Morgan fingerprint density at radius 1 is 1.29 bits per heavy atom. The smallest absolute Gasteiger partial charge is 0.419 e. The van der Waals surface area contributed by atoms with E-state index in [1.54, 1.807) is 7.05 Å². The van der Waals surface area contributed by atoms with Crippen LogP contribution in [0, 0.1) is 17.2 Å². The summed E-state index contributed by atoms with van der Waals surface area (Å²) < 4.78 is 46.7. The molecule has 1 aromatic carbocycles. The molecule has 1 fully saturated rings. The fourth-order valence-corrected chi connectivity index (χ4v) is 3.66. The monoisotopic (exact) mass is 434 g/mol. The van der Waals surface area contributed by atoms with Gasteiger partial charge in [0.15, 0.2) is 5.69 Å². The van der Waals surface area contributed by atoms with Crippen LogP contribution < -0.4 is 26.6 Å². The van der Waals surface area contributed by atoms with Crippen molar-refractivity contribution in [3.63, 3.8) is 0 Å². The second kappa shape index (κ2) is 9.85. The number of nitrogens with zero attached hydrogens (tertiary/aromatic N) is 2. The van der Waals surface area contributed by atoms with Gasteiger partial charge in [-0.05, 0) is 62.5 Å². The summed E-state index contributed by atoms with van der Waals surface area (Å²) in [7, 11) is 1.61. The van der Waals surface area contributed by atoms with Crippen molar-refractivity contribution in [1.29, 1.82) is 5.26 Å². The van der Waals surface area contributed by atoms with E-state index in [0.717, 1.165) is 32.0 Å². The van der Waals surface area contributed by atoms with Gasteiger partial charge < -0.3 is 20.8 Å². The van der Waals surface area contributed by atoms with Crippen molar-refractivity contribution < 1.29 is 17.9 Å². The molecule has 1 saturated heterocycles. The third-order valence-corrected chi connectivity index (χ3v) is 5.36. The number of hydrazine groups is 1. The van der Waals surface area contributed by atoms with Crippen LogP contribution in [-0.4, -0.2) is 31.7 Å². The Hall–Kier alpha value is -3.03. The summed E-state index contributed by atoms with van der Waals surface area (Å²) in [6.45, 7) is 2.08. The highest BCUT2D eigenvalue weighted by atomic mass is 19.4. The van der Waals surface area contributed by atoms with E-state index < -0.39 is 11.7 Å². The number of piperidine rings is 1. The van der Waals surface area contributed by atoms with Crippen molar-refractivity contribution in [2.24, 2.45) is 11.8 Å². The molecule has 0 spiro atoms. The molecule has 1 aliphatic rings. The Morgan fingerprint density at radius 3 is 2.65 bits per heavy atom. The lowest BCUT2D eigenvalue weighted by molar-refractivity contribution is -0.138. The van der Waals surface area contributed by atoms with Crippen molar-refractivity contribution in [3.05, 3.63) is 35.5 Å². The van der Waals surface area contributed by atoms with Gasteiger partial charge in [-0.3, -0.25) is 5.84 Å². The van der Waals surface area contributed by atoms with Crippen LogP contribution in [0.5, 0.6) is 5.75 Å². The summed E-state index contributed by atoms with van der Waals surface area (Å²) >= 11 is 0. The Balaban J connectivity index is 1.88. The van der Waals surface area contributed by atoms with Crippen molar-refractivity contribution in [1.82, 2.24) is 10.3 Å². The highest BCUT2D eigenvalue weighted by molar-refractivity contribution is 5.78. The molecule has 166 valence electrons. The molecule has 2 heterocycles. The van der Waals surface area contributed by atoms with Crippen LogP contribution in [0.3, 0.4) is 0 Å². The normalized spacial score (nSPS) is 14.7. The molecular weight excluding hydrogens is 409 g/mol. The number of halogens is 3. The molecular formula is C21H25F3N6O. The first kappa shape index (κ1) is 22.7. The Kier molecular flexibility index (Phi) is 7.20. The van der Waals surface area contributed by atoms with Crippen molar-refractivity contribution in [2.45, 2.75) is 25.4 Å². The maximum Gasteiger partial charge on any atom is 0.419 e. The van der Waals surface area contributed by atoms with Gasteiger partial charge in [-0.1, -0.05) is 0 Å². The van der Waals surface area contributed by atoms with Gasteiger partial charge in [-0.25, -0.2) is 4.98 Å². The minimum Gasteiger partial charge on any atom is -0.493 e. The minimum atomic E-state index is -4.59. The summed E-state index contributed by atoms with van der Waals surface area (Å²) in [6, 6.07) is 7.25. The lowest BCUT2D eigenvalue weighted by atomic mass is 9.95. The average molecular weight is 434 g/mol. The summed E-state index contributed by atoms with van der Waals surface area (Å²) in [4.78, 5) is 4.16. The van der Waals surface area contributed by atoms with E-state index in [4.69, 9.17) is 10.6 Å². The van der Waals surface area contributed by atoms with Crippen LogP contribution in [0.4, 0.5) is 24.5 Å². The predicted octanol–water partition coefficient (Wildman–Crippen LogP) is 3.73. The van der Waals surface area contributed by atoms with Gasteiger partial charge in [-0.2, -0.15) is 18.4 Å². The zero-order valence-corrected chi connectivity index (χ0v) is 17.1. The number of pyridine rings is 1. The minimum absolute atomic E-state index is 0.0276. The van der Waals surface area contributed by atoms with Gasteiger partial charge in [0.1, 0.15) is 17.5 Å². The van der Waals surface area contributed by atoms with E-state index in [-0.39, 0.29) is 35.0 Å². The Morgan fingerprint density at radius 2 is 2.03 bits per heavy atom. The number of nitriles is 1. The second-order valence-electron chi connectivity index (χ2n) is 7.32. The van der Waals surface area contributed by atoms with Gasteiger partial charge >= 0.3 is 6.18 Å². The van der Waals surface area contributed by atoms with Crippen LogP contribution >= 0.6 is 0 Å². The largest absolute Gasteiger partial charge is 0.493 e. The highest BCUT2D eigenvalue weighted by Gasteiger charge is 2.35. The molecule has 0 atom stereocenters. The molecule has 1 aliphatic heterocycles. The molecule has 0 unspecified atom stereocenters. The number of benzene rings is 1. The second-order valence-corrected chi connectivity index (χ2v) is 7.32. The molecule has 0 radical (unpaired) electrons. The Labute approximate surface area is 178 Å². The van der Waals surface area contributed by atoms with Crippen LogP contribution in [0.2, 0.25) is 0 Å². The van der Waals surface area contributed by atoms with Crippen LogP contribution in [0.25, 0.3) is 11.3 Å². The quantitative estimate of drug-likeness (QED) is 0.388. The standard InChI is InChI=1S/C21H25F3N6O/c1-27-17-11-16(29-18(12-25)20(17)30-26)14-2-3-19(15(10-14)21(22,23)24)31-9-6-13-4-7-28-8-5-13/h2-3,10-11,13,28,30H,4-9,26H2,1H3,(H,27,29). The van der Waals surface area contributed by atoms with E-state index >= 15 is 0 Å². The molecule has 0 amide bonds.